The minimum Gasteiger partial charge on any atom is -0.396 e. The lowest BCUT2D eigenvalue weighted by Crippen LogP contribution is -2.49. The SMILES string of the molecule is CSCCC(NC(N)=O)C(=O)N1CCC(CO)C1. The number of nitrogens with zero attached hydrogens (tertiary/aromatic N) is 1. The molecule has 0 spiro atoms. The van der Waals surface area contributed by atoms with Gasteiger partial charge in [0.25, 0.3) is 0 Å². The fourth-order valence-corrected chi connectivity index (χ4v) is 2.54. The van der Waals surface area contributed by atoms with Gasteiger partial charge < -0.3 is 21.1 Å². The highest BCUT2D eigenvalue weighted by atomic mass is 32.2. The van der Waals surface area contributed by atoms with Gasteiger partial charge in [-0.2, -0.15) is 11.8 Å². The number of nitrogens with one attached hydrogen (secondary N) is 1. The molecule has 0 saturated carbocycles. The fraction of sp³-hybridized carbons (Fsp3) is 0.818. The van der Waals surface area contributed by atoms with Crippen LogP contribution in [-0.4, -0.2) is 59.7 Å². The van der Waals surface area contributed by atoms with Crippen molar-refractivity contribution in [3.8, 4) is 0 Å². The van der Waals surface area contributed by atoms with E-state index in [1.54, 1.807) is 16.7 Å². The van der Waals surface area contributed by atoms with Gasteiger partial charge in [-0.05, 0) is 24.9 Å². The highest BCUT2D eigenvalue weighted by molar-refractivity contribution is 7.98. The van der Waals surface area contributed by atoms with E-state index < -0.39 is 12.1 Å². The Kier molecular flexibility index (Phi) is 6.28. The maximum Gasteiger partial charge on any atom is 0.312 e. The first kappa shape index (κ1) is 15.1. The van der Waals surface area contributed by atoms with Gasteiger partial charge in [0.15, 0.2) is 0 Å². The number of likely N-dealkylation sites (tertiary alicyclic amines) is 1. The van der Waals surface area contributed by atoms with Crippen molar-refractivity contribution < 1.29 is 14.7 Å². The number of nitrogens with two attached hydrogens (primary N) is 1. The molecular formula is C11H21N3O3S. The number of hydrogen-bond acceptors (Lipinski definition) is 4. The molecule has 2 atom stereocenters. The molecule has 6 nitrogen and oxygen atoms in total. The zero-order chi connectivity index (χ0) is 13.5. The zero-order valence-electron chi connectivity index (χ0n) is 10.6. The lowest BCUT2D eigenvalue weighted by Gasteiger charge is -2.23. The highest BCUT2D eigenvalue weighted by Gasteiger charge is 2.30. The van der Waals surface area contributed by atoms with E-state index in [2.05, 4.69) is 5.32 Å². The number of urea groups is 1. The van der Waals surface area contributed by atoms with Gasteiger partial charge in [-0.3, -0.25) is 4.79 Å². The van der Waals surface area contributed by atoms with Crippen molar-refractivity contribution in [2.45, 2.75) is 18.9 Å². The summed E-state index contributed by atoms with van der Waals surface area (Å²) in [6.07, 6.45) is 3.33. The van der Waals surface area contributed by atoms with Crippen LogP contribution in [-0.2, 0) is 4.79 Å². The third-order valence-electron chi connectivity index (χ3n) is 3.08. The summed E-state index contributed by atoms with van der Waals surface area (Å²) in [6, 6.07) is -1.22. The van der Waals surface area contributed by atoms with Crippen molar-refractivity contribution in [3.63, 3.8) is 0 Å². The summed E-state index contributed by atoms with van der Waals surface area (Å²) >= 11 is 1.62. The Bertz CT molecular complexity index is 301. The summed E-state index contributed by atoms with van der Waals surface area (Å²) in [5.41, 5.74) is 5.09. The molecule has 0 aromatic carbocycles. The van der Waals surface area contributed by atoms with Crippen molar-refractivity contribution in [1.82, 2.24) is 10.2 Å². The van der Waals surface area contributed by atoms with Crippen molar-refractivity contribution >= 4 is 23.7 Å². The second-order valence-corrected chi connectivity index (χ2v) is 5.45. The molecule has 1 rings (SSSR count). The van der Waals surface area contributed by atoms with E-state index >= 15 is 0 Å². The van der Waals surface area contributed by atoms with Gasteiger partial charge in [0.05, 0.1) is 0 Å². The van der Waals surface area contributed by atoms with E-state index in [0.717, 1.165) is 12.2 Å². The third-order valence-corrected chi connectivity index (χ3v) is 3.72. The molecule has 3 amide bonds. The van der Waals surface area contributed by atoms with Crippen LogP contribution >= 0.6 is 11.8 Å². The maximum atomic E-state index is 12.2. The minimum absolute atomic E-state index is 0.0983. The number of rotatable bonds is 6. The van der Waals surface area contributed by atoms with Crippen LogP contribution in [0.15, 0.2) is 0 Å². The molecule has 1 aliphatic heterocycles. The standard InChI is InChI=1S/C11H21N3O3S/c1-18-5-3-9(13-11(12)17)10(16)14-4-2-8(6-14)7-15/h8-9,15H,2-7H2,1H3,(H3,12,13,17). The van der Waals surface area contributed by atoms with Gasteiger partial charge in [0.2, 0.25) is 5.91 Å². The average Bonchev–Trinajstić information content (AvgIpc) is 2.81. The van der Waals surface area contributed by atoms with Gasteiger partial charge in [-0.15, -0.1) is 0 Å². The smallest absolute Gasteiger partial charge is 0.312 e. The van der Waals surface area contributed by atoms with Crippen molar-refractivity contribution in [2.75, 3.05) is 31.7 Å². The van der Waals surface area contributed by atoms with Crippen molar-refractivity contribution in [2.24, 2.45) is 11.7 Å². The Balaban J connectivity index is 2.55. The molecule has 0 radical (unpaired) electrons. The predicted octanol–water partition coefficient (Wildman–Crippen LogP) is -0.383. The summed E-state index contributed by atoms with van der Waals surface area (Å²) in [7, 11) is 0. The molecule has 4 N–H and O–H groups in total. The van der Waals surface area contributed by atoms with Gasteiger partial charge in [0, 0.05) is 25.6 Å². The van der Waals surface area contributed by atoms with E-state index in [0.29, 0.717) is 19.5 Å². The first-order valence-electron chi connectivity index (χ1n) is 6.03. The van der Waals surface area contributed by atoms with Crippen LogP contribution in [0.25, 0.3) is 0 Å². The number of amides is 3. The Morgan fingerprint density at radius 1 is 1.61 bits per heavy atom. The number of thioether (sulfide) groups is 1. The van der Waals surface area contributed by atoms with E-state index in [4.69, 9.17) is 10.8 Å². The van der Waals surface area contributed by atoms with Crippen molar-refractivity contribution in [3.05, 3.63) is 0 Å². The van der Waals surface area contributed by atoms with E-state index in [1.165, 1.54) is 0 Å². The molecule has 0 aromatic heterocycles. The zero-order valence-corrected chi connectivity index (χ0v) is 11.4. The summed E-state index contributed by atoms with van der Waals surface area (Å²) in [5, 5.41) is 11.6. The number of aliphatic hydroxyl groups excluding tert-OH is 1. The molecule has 0 bridgehead atoms. The summed E-state index contributed by atoms with van der Waals surface area (Å²) in [6.45, 7) is 1.30. The fourth-order valence-electron chi connectivity index (χ4n) is 2.07. The molecule has 18 heavy (non-hydrogen) atoms. The van der Waals surface area contributed by atoms with Crippen LogP contribution in [0.4, 0.5) is 4.79 Å². The molecule has 7 heteroatoms. The van der Waals surface area contributed by atoms with Crippen LogP contribution in [0.3, 0.4) is 0 Å². The van der Waals surface area contributed by atoms with Crippen LogP contribution < -0.4 is 11.1 Å². The first-order valence-corrected chi connectivity index (χ1v) is 7.42. The molecular weight excluding hydrogens is 254 g/mol. The van der Waals surface area contributed by atoms with Gasteiger partial charge in [-0.1, -0.05) is 0 Å². The monoisotopic (exact) mass is 275 g/mol. The number of primary amides is 1. The number of hydrogen-bond donors (Lipinski definition) is 3. The molecule has 1 aliphatic rings. The first-order chi connectivity index (χ1) is 8.58. The molecule has 0 aliphatic carbocycles. The van der Waals surface area contributed by atoms with Gasteiger partial charge >= 0.3 is 6.03 Å². The minimum atomic E-state index is -0.674. The third kappa shape index (κ3) is 4.38. The normalized spacial score (nSPS) is 20.8. The Labute approximate surface area is 111 Å². The van der Waals surface area contributed by atoms with E-state index in [-0.39, 0.29) is 18.4 Å². The number of aliphatic hydroxyl groups is 1. The molecule has 0 aromatic rings. The quantitative estimate of drug-likeness (QED) is 0.615. The van der Waals surface area contributed by atoms with Crippen LogP contribution in [0, 0.1) is 5.92 Å². The van der Waals surface area contributed by atoms with Crippen LogP contribution in [0.1, 0.15) is 12.8 Å². The second-order valence-electron chi connectivity index (χ2n) is 4.46. The lowest BCUT2D eigenvalue weighted by atomic mass is 10.1. The number of carbonyl (C=O) groups is 2. The Hall–Kier alpha value is -0.950. The van der Waals surface area contributed by atoms with Crippen LogP contribution in [0.5, 0.6) is 0 Å². The largest absolute Gasteiger partial charge is 0.396 e. The van der Waals surface area contributed by atoms with Gasteiger partial charge in [0.1, 0.15) is 6.04 Å². The maximum absolute atomic E-state index is 12.2. The van der Waals surface area contributed by atoms with Gasteiger partial charge in [-0.25, -0.2) is 4.79 Å². The molecule has 1 saturated heterocycles. The lowest BCUT2D eigenvalue weighted by molar-refractivity contribution is -0.132. The number of carbonyl (C=O) groups excluding carboxylic acids is 2. The Morgan fingerprint density at radius 2 is 2.33 bits per heavy atom. The van der Waals surface area contributed by atoms with E-state index in [9.17, 15) is 9.59 Å². The summed E-state index contributed by atoms with van der Waals surface area (Å²) < 4.78 is 0. The molecule has 2 unspecified atom stereocenters. The van der Waals surface area contributed by atoms with Crippen molar-refractivity contribution in [1.29, 1.82) is 0 Å². The molecule has 1 fully saturated rings. The predicted molar refractivity (Wildman–Crippen MR) is 71.3 cm³/mol. The average molecular weight is 275 g/mol. The van der Waals surface area contributed by atoms with E-state index in [1.807, 2.05) is 6.26 Å². The summed E-state index contributed by atoms with van der Waals surface area (Å²) in [4.78, 5) is 24.8. The molecule has 1 heterocycles. The highest BCUT2D eigenvalue weighted by Crippen LogP contribution is 2.17. The summed E-state index contributed by atoms with van der Waals surface area (Å²) in [5.74, 6) is 0.844. The Morgan fingerprint density at radius 3 is 2.83 bits per heavy atom. The topological polar surface area (TPSA) is 95.7 Å². The van der Waals surface area contributed by atoms with Crippen LogP contribution in [0.2, 0.25) is 0 Å². The molecule has 104 valence electrons. The second kappa shape index (κ2) is 7.48.